The molecule has 270 valence electrons. The van der Waals surface area contributed by atoms with Gasteiger partial charge in [0.2, 0.25) is 16.4 Å². The van der Waals surface area contributed by atoms with Crippen molar-refractivity contribution in [2.45, 2.75) is 77.4 Å². The van der Waals surface area contributed by atoms with Gasteiger partial charge in [-0.05, 0) is 86.5 Å². The maximum absolute atomic E-state index is 11.5. The molecule has 1 aliphatic rings. The van der Waals surface area contributed by atoms with Crippen molar-refractivity contribution in [3.05, 3.63) is 108 Å². The predicted octanol–water partition coefficient (Wildman–Crippen LogP) is 9.07. The first-order valence-corrected chi connectivity index (χ1v) is 16.7. The van der Waals surface area contributed by atoms with Crippen molar-refractivity contribution in [3.8, 4) is 0 Å². The van der Waals surface area contributed by atoms with Crippen LogP contribution >= 0.6 is 75.3 Å². The number of carbonyl (C=O) groups is 3. The number of likely N-dealkylation sites (tertiary alicyclic amines) is 1. The summed E-state index contributed by atoms with van der Waals surface area (Å²) in [6, 6.07) is 31.2. The Bertz CT molecular complexity index is 1230. The average molecular weight is 779 g/mol. The van der Waals surface area contributed by atoms with Crippen LogP contribution in [0.15, 0.2) is 91.0 Å². The number of nitrogens with one attached hydrogen (secondary N) is 1. The molecule has 3 atom stereocenters. The van der Waals surface area contributed by atoms with Crippen LogP contribution in [0, 0.1) is 0 Å². The molecular weight excluding hydrogens is 725 g/mol. The topological polar surface area (TPSA) is 92.5 Å². The molecule has 3 aromatic carbocycles. The van der Waals surface area contributed by atoms with Gasteiger partial charge >= 0.3 is 0 Å². The Hall–Kier alpha value is -1.69. The lowest BCUT2D eigenvalue weighted by Gasteiger charge is -2.24. The molecule has 6 nitrogen and oxygen atoms in total. The SMILES string of the molecule is C[C@@H](c1ccccc1)N1CCCC1=O.C[C@H](N)c1ccccc1.C[C@H](NCCCC(=O)Cl)c1ccccc1.O=C(Cl)CCCCl.S.S.S. The Kier molecular flexibility index (Phi) is 33.1. The van der Waals surface area contributed by atoms with Gasteiger partial charge in [0.25, 0.3) is 0 Å². The van der Waals surface area contributed by atoms with E-state index >= 15 is 0 Å². The maximum atomic E-state index is 11.5. The molecule has 0 radical (unpaired) electrons. The first kappa shape index (κ1) is 50.7. The molecule has 1 saturated heterocycles. The van der Waals surface area contributed by atoms with Crippen LogP contribution in [0.4, 0.5) is 0 Å². The lowest BCUT2D eigenvalue weighted by atomic mass is 10.1. The average Bonchev–Trinajstić information content (AvgIpc) is 3.49. The van der Waals surface area contributed by atoms with Crippen LogP contribution in [-0.4, -0.2) is 40.3 Å². The van der Waals surface area contributed by atoms with Crippen LogP contribution in [0.3, 0.4) is 0 Å². The van der Waals surface area contributed by atoms with Gasteiger partial charge < -0.3 is 16.0 Å². The highest BCUT2D eigenvalue weighted by Crippen LogP contribution is 2.24. The van der Waals surface area contributed by atoms with E-state index in [1.807, 2.05) is 78.6 Å². The van der Waals surface area contributed by atoms with Crippen LogP contribution in [0.1, 0.15) is 94.1 Å². The molecule has 0 bridgehead atoms. The van der Waals surface area contributed by atoms with Gasteiger partial charge in [0.1, 0.15) is 0 Å². The smallest absolute Gasteiger partial charge is 0.223 e. The first-order chi connectivity index (χ1) is 21.6. The zero-order valence-corrected chi connectivity index (χ0v) is 33.4. The van der Waals surface area contributed by atoms with Gasteiger partial charge in [-0.1, -0.05) is 91.0 Å². The van der Waals surface area contributed by atoms with Crippen LogP contribution in [0.25, 0.3) is 0 Å². The minimum absolute atomic E-state index is 0. The van der Waals surface area contributed by atoms with Gasteiger partial charge in [0, 0.05) is 43.8 Å². The number of benzene rings is 3. The second kappa shape index (κ2) is 31.3. The number of alkyl halides is 1. The summed E-state index contributed by atoms with van der Waals surface area (Å²) in [7, 11) is 0. The molecule has 3 aromatic rings. The summed E-state index contributed by atoms with van der Waals surface area (Å²) < 4.78 is 0. The fourth-order valence-electron chi connectivity index (χ4n) is 4.36. The Morgan fingerprint density at radius 1 is 0.750 bits per heavy atom. The third kappa shape index (κ3) is 23.6. The second-order valence-electron chi connectivity index (χ2n) is 10.7. The number of carbonyl (C=O) groups excluding carboxylic acids is 3. The van der Waals surface area contributed by atoms with Crippen molar-refractivity contribution in [1.82, 2.24) is 10.2 Å². The third-order valence-electron chi connectivity index (χ3n) is 6.99. The van der Waals surface area contributed by atoms with Crippen molar-refractivity contribution >= 4 is 91.7 Å². The molecule has 0 unspecified atom stereocenters. The number of amides is 1. The van der Waals surface area contributed by atoms with E-state index in [0.717, 1.165) is 32.4 Å². The number of nitrogens with two attached hydrogens (primary N) is 1. The molecule has 0 aliphatic carbocycles. The zero-order valence-electron chi connectivity index (χ0n) is 28.1. The predicted molar refractivity (Wildman–Crippen MR) is 220 cm³/mol. The summed E-state index contributed by atoms with van der Waals surface area (Å²) in [6.45, 7) is 7.91. The Labute approximate surface area is 324 Å². The summed E-state index contributed by atoms with van der Waals surface area (Å²) in [5.74, 6) is 0.805. The number of hydrogen-bond donors (Lipinski definition) is 2. The summed E-state index contributed by atoms with van der Waals surface area (Å²) in [5.41, 5.74) is 9.29. The first-order valence-electron chi connectivity index (χ1n) is 15.4. The summed E-state index contributed by atoms with van der Waals surface area (Å²) in [5, 5.41) is 2.78. The Morgan fingerprint density at radius 2 is 1.19 bits per heavy atom. The summed E-state index contributed by atoms with van der Waals surface area (Å²) in [4.78, 5) is 33.9. The fraction of sp³-hybridized carbons (Fsp3) is 0.417. The number of nitrogens with zero attached hydrogens (tertiary/aromatic N) is 1. The van der Waals surface area contributed by atoms with Gasteiger partial charge in [-0.15, -0.1) is 11.6 Å². The standard InChI is InChI=1S/C12H16ClNO.C12H15NO.C8H11N.C4H6Cl2O.3H2S/c1-10(11-6-3-2-4-7-11)14-9-5-8-12(13)15;1-10(11-6-3-2-4-7-11)13-9-5-8-12(13)14;1-7(9)8-5-3-2-4-6-8;5-3-1-2-4(6)7;;;/h2-4,6-7,10,14H,5,8-9H2,1H3;2-4,6-7,10H,5,8-9H2,1H3;2-7H,9H2,1H3;1-3H2;3*1H2/t2*10-;7-;;;;/m000..../s1. The number of rotatable bonds is 12. The van der Waals surface area contributed by atoms with Crippen molar-refractivity contribution in [1.29, 1.82) is 0 Å². The largest absolute Gasteiger partial charge is 0.336 e. The van der Waals surface area contributed by atoms with E-state index in [1.165, 1.54) is 16.7 Å². The van der Waals surface area contributed by atoms with Crippen LogP contribution in [0.5, 0.6) is 0 Å². The highest BCUT2D eigenvalue weighted by Gasteiger charge is 2.25. The van der Waals surface area contributed by atoms with Gasteiger partial charge in [0.15, 0.2) is 0 Å². The van der Waals surface area contributed by atoms with Crippen LogP contribution < -0.4 is 11.1 Å². The lowest BCUT2D eigenvalue weighted by Crippen LogP contribution is -2.27. The third-order valence-corrected chi connectivity index (χ3v) is 7.64. The van der Waals surface area contributed by atoms with Crippen molar-refractivity contribution < 1.29 is 14.4 Å². The molecule has 1 amide bonds. The maximum Gasteiger partial charge on any atom is 0.223 e. The van der Waals surface area contributed by atoms with E-state index in [0.29, 0.717) is 37.1 Å². The minimum atomic E-state index is -0.305. The van der Waals surface area contributed by atoms with Gasteiger partial charge in [-0.3, -0.25) is 14.4 Å². The van der Waals surface area contributed by atoms with Gasteiger partial charge in [-0.25, -0.2) is 0 Å². The highest BCUT2D eigenvalue weighted by atomic mass is 35.5. The molecule has 12 heteroatoms. The summed E-state index contributed by atoms with van der Waals surface area (Å²) in [6.07, 6.45) is 4.04. The molecule has 4 rings (SSSR count). The van der Waals surface area contributed by atoms with Crippen molar-refractivity contribution in [3.63, 3.8) is 0 Å². The van der Waals surface area contributed by atoms with E-state index in [2.05, 4.69) is 43.4 Å². The molecule has 48 heavy (non-hydrogen) atoms. The Balaban J connectivity index is -0.000000573. The van der Waals surface area contributed by atoms with E-state index in [-0.39, 0.29) is 63.1 Å². The van der Waals surface area contributed by atoms with Gasteiger partial charge in [-0.2, -0.15) is 40.5 Å². The Morgan fingerprint density at radius 3 is 1.54 bits per heavy atom. The van der Waals surface area contributed by atoms with Crippen LogP contribution in [-0.2, 0) is 14.4 Å². The number of halogens is 3. The fourth-order valence-corrected chi connectivity index (χ4v) is 4.76. The van der Waals surface area contributed by atoms with Crippen molar-refractivity contribution in [2.75, 3.05) is 19.0 Å². The number of hydrogen-bond acceptors (Lipinski definition) is 5. The van der Waals surface area contributed by atoms with E-state index in [1.54, 1.807) is 0 Å². The molecular formula is C36H54Cl3N3O3S3. The van der Waals surface area contributed by atoms with E-state index in [9.17, 15) is 14.4 Å². The normalized spacial score (nSPS) is 13.1. The minimum Gasteiger partial charge on any atom is -0.336 e. The molecule has 3 N–H and O–H groups in total. The zero-order chi connectivity index (χ0) is 33.5. The monoisotopic (exact) mass is 777 g/mol. The quantitative estimate of drug-likeness (QED) is 0.109. The van der Waals surface area contributed by atoms with E-state index < -0.39 is 0 Å². The van der Waals surface area contributed by atoms with E-state index in [4.69, 9.17) is 40.5 Å². The van der Waals surface area contributed by atoms with Gasteiger partial charge in [0.05, 0.1) is 6.04 Å². The molecule has 1 aliphatic heterocycles. The lowest BCUT2D eigenvalue weighted by molar-refractivity contribution is -0.129. The van der Waals surface area contributed by atoms with Crippen molar-refractivity contribution in [2.24, 2.45) is 5.73 Å². The molecule has 1 fully saturated rings. The highest BCUT2D eigenvalue weighted by molar-refractivity contribution is 7.59. The molecule has 0 saturated carbocycles. The molecule has 0 aromatic heterocycles. The van der Waals surface area contributed by atoms with Crippen LogP contribution in [0.2, 0.25) is 0 Å². The summed E-state index contributed by atoms with van der Waals surface area (Å²) >= 11 is 15.4. The second-order valence-corrected chi connectivity index (χ2v) is 11.9. The molecule has 0 spiro atoms. The molecule has 1 heterocycles.